The third kappa shape index (κ3) is 4.25. The fraction of sp³-hybridized carbons (Fsp3) is 0.550. The maximum absolute atomic E-state index is 13.9. The SMILES string of the molecule is CC1(n2c(NC(=O)CC(CF)CC(F)(F)CF)nc3cc(F)cc(C#N)c32)CCC1. The van der Waals surface area contributed by atoms with Crippen molar-refractivity contribution >= 4 is 22.9 Å². The van der Waals surface area contributed by atoms with E-state index in [0.29, 0.717) is 5.52 Å². The third-order valence-electron chi connectivity index (χ3n) is 5.53. The van der Waals surface area contributed by atoms with E-state index < -0.39 is 55.3 Å². The molecule has 0 spiro atoms. The maximum Gasteiger partial charge on any atom is 0.276 e. The molecular formula is C20H21F5N4O. The number of benzene rings is 1. The number of halogens is 5. The molecule has 0 radical (unpaired) electrons. The summed E-state index contributed by atoms with van der Waals surface area (Å²) < 4.78 is 67.5. The van der Waals surface area contributed by atoms with Gasteiger partial charge in [-0.05, 0) is 32.3 Å². The number of fused-ring (bicyclic) bond motifs is 1. The Kier molecular flexibility index (Phi) is 6.01. The van der Waals surface area contributed by atoms with Crippen LogP contribution in [0.2, 0.25) is 0 Å². The highest BCUT2D eigenvalue weighted by atomic mass is 19.3. The molecule has 2 aromatic rings. The number of hydrogen-bond acceptors (Lipinski definition) is 3. The van der Waals surface area contributed by atoms with Crippen molar-refractivity contribution in [1.82, 2.24) is 9.55 Å². The van der Waals surface area contributed by atoms with Crippen molar-refractivity contribution in [3.63, 3.8) is 0 Å². The fourth-order valence-electron chi connectivity index (χ4n) is 3.88. The van der Waals surface area contributed by atoms with Crippen molar-refractivity contribution in [3.05, 3.63) is 23.5 Å². The Labute approximate surface area is 169 Å². The standard InChI is InChI=1S/C20H21F5N4O/c1-19(3-2-4-19)29-17-13(10-26)6-14(23)7-15(17)27-18(29)28-16(30)5-12(9-21)8-20(24,25)11-22/h6-7,12H,2-5,8-9,11H2,1H3,(H,27,28,30). The van der Waals surface area contributed by atoms with Gasteiger partial charge >= 0.3 is 0 Å². The number of aromatic nitrogens is 2. The molecule has 1 aliphatic rings. The first-order valence-corrected chi connectivity index (χ1v) is 9.54. The molecule has 0 bridgehead atoms. The van der Waals surface area contributed by atoms with Crippen LogP contribution in [0, 0.1) is 23.1 Å². The molecule has 1 N–H and O–H groups in total. The lowest BCUT2D eigenvalue weighted by atomic mass is 9.78. The average Bonchev–Trinajstić information content (AvgIpc) is 3.02. The van der Waals surface area contributed by atoms with E-state index in [0.717, 1.165) is 31.4 Å². The quantitative estimate of drug-likeness (QED) is 0.611. The van der Waals surface area contributed by atoms with Gasteiger partial charge in [-0.25, -0.2) is 22.5 Å². The summed E-state index contributed by atoms with van der Waals surface area (Å²) in [6, 6.07) is 4.14. The highest BCUT2D eigenvalue weighted by Crippen LogP contribution is 2.43. The van der Waals surface area contributed by atoms with Crippen molar-refractivity contribution < 1.29 is 26.7 Å². The van der Waals surface area contributed by atoms with Gasteiger partial charge in [0, 0.05) is 30.4 Å². The van der Waals surface area contributed by atoms with Gasteiger partial charge in [-0.15, -0.1) is 0 Å². The van der Waals surface area contributed by atoms with E-state index >= 15 is 0 Å². The van der Waals surface area contributed by atoms with E-state index in [1.807, 2.05) is 13.0 Å². The van der Waals surface area contributed by atoms with E-state index in [4.69, 9.17) is 0 Å². The van der Waals surface area contributed by atoms with Crippen LogP contribution < -0.4 is 5.32 Å². The Morgan fingerprint density at radius 1 is 1.40 bits per heavy atom. The molecule has 0 saturated heterocycles. The number of amides is 1. The van der Waals surface area contributed by atoms with Crippen molar-refractivity contribution in [2.75, 3.05) is 18.7 Å². The van der Waals surface area contributed by atoms with Crippen LogP contribution in [-0.2, 0) is 10.3 Å². The summed E-state index contributed by atoms with van der Waals surface area (Å²) >= 11 is 0. The van der Waals surface area contributed by atoms with Crippen molar-refractivity contribution in [2.24, 2.45) is 5.92 Å². The number of hydrogen-bond donors (Lipinski definition) is 1. The molecule has 1 heterocycles. The molecule has 1 amide bonds. The van der Waals surface area contributed by atoms with Gasteiger partial charge in [0.15, 0.2) is 6.67 Å². The number of nitrogens with zero attached hydrogens (tertiary/aromatic N) is 3. The van der Waals surface area contributed by atoms with Gasteiger partial charge < -0.3 is 4.57 Å². The molecule has 1 aromatic carbocycles. The molecule has 1 aromatic heterocycles. The van der Waals surface area contributed by atoms with Crippen LogP contribution in [0.4, 0.5) is 27.9 Å². The monoisotopic (exact) mass is 428 g/mol. The van der Waals surface area contributed by atoms with E-state index in [9.17, 15) is 32.0 Å². The zero-order valence-corrected chi connectivity index (χ0v) is 16.3. The topological polar surface area (TPSA) is 70.7 Å². The molecule has 30 heavy (non-hydrogen) atoms. The van der Waals surface area contributed by atoms with Crippen LogP contribution in [-0.4, -0.2) is 34.7 Å². The first-order chi connectivity index (χ1) is 14.1. The predicted octanol–water partition coefficient (Wildman–Crippen LogP) is 4.86. The lowest BCUT2D eigenvalue weighted by Gasteiger charge is -2.41. The molecule has 0 aliphatic heterocycles. The predicted molar refractivity (Wildman–Crippen MR) is 100 cm³/mol. The molecule has 1 atom stereocenters. The number of rotatable bonds is 8. The first-order valence-electron chi connectivity index (χ1n) is 9.54. The van der Waals surface area contributed by atoms with Crippen molar-refractivity contribution in [1.29, 1.82) is 5.26 Å². The van der Waals surface area contributed by atoms with Gasteiger partial charge in [-0.1, -0.05) is 0 Å². The Morgan fingerprint density at radius 3 is 2.63 bits per heavy atom. The number of nitriles is 1. The van der Waals surface area contributed by atoms with E-state index in [2.05, 4.69) is 10.3 Å². The molecule has 5 nitrogen and oxygen atoms in total. The molecule has 10 heteroatoms. The normalized spacial score (nSPS) is 16.7. The van der Waals surface area contributed by atoms with Crippen LogP contribution >= 0.6 is 0 Å². The van der Waals surface area contributed by atoms with Gasteiger partial charge in [-0.3, -0.25) is 14.5 Å². The van der Waals surface area contributed by atoms with Crippen LogP contribution in [0.1, 0.15) is 44.6 Å². The second-order valence-electron chi connectivity index (χ2n) is 8.02. The number of nitrogens with one attached hydrogen (secondary N) is 1. The minimum absolute atomic E-state index is 0.0363. The first kappa shape index (κ1) is 22.0. The van der Waals surface area contributed by atoms with Gasteiger partial charge in [-0.2, -0.15) is 5.26 Å². The van der Waals surface area contributed by atoms with Crippen LogP contribution in [0.5, 0.6) is 0 Å². The Bertz CT molecular complexity index is 993. The third-order valence-corrected chi connectivity index (χ3v) is 5.53. The Hall–Kier alpha value is -2.70. The number of alkyl halides is 4. The van der Waals surface area contributed by atoms with Gasteiger partial charge in [0.05, 0.1) is 23.3 Å². The molecule has 162 valence electrons. The number of imidazole rings is 1. The Balaban J connectivity index is 1.93. The molecule has 1 fully saturated rings. The Morgan fingerprint density at radius 2 is 2.10 bits per heavy atom. The summed E-state index contributed by atoms with van der Waals surface area (Å²) in [6.45, 7) is -1.23. The smallest absolute Gasteiger partial charge is 0.276 e. The van der Waals surface area contributed by atoms with E-state index in [1.165, 1.54) is 0 Å². The van der Waals surface area contributed by atoms with Gasteiger partial charge in [0.2, 0.25) is 11.9 Å². The zero-order valence-electron chi connectivity index (χ0n) is 16.3. The highest BCUT2D eigenvalue weighted by Gasteiger charge is 2.38. The van der Waals surface area contributed by atoms with Crippen LogP contribution in [0.15, 0.2) is 12.1 Å². The summed E-state index contributed by atoms with van der Waals surface area (Å²) in [7, 11) is 0. The van der Waals surface area contributed by atoms with E-state index in [1.54, 1.807) is 4.57 Å². The fourth-order valence-corrected chi connectivity index (χ4v) is 3.88. The summed E-state index contributed by atoms with van der Waals surface area (Å²) in [6.07, 6.45) is 0.699. The van der Waals surface area contributed by atoms with Crippen LogP contribution in [0.25, 0.3) is 11.0 Å². The van der Waals surface area contributed by atoms with Gasteiger partial charge in [0.1, 0.15) is 11.9 Å². The number of carbonyl (C=O) groups excluding carboxylic acids is 1. The van der Waals surface area contributed by atoms with Crippen molar-refractivity contribution in [3.8, 4) is 6.07 Å². The summed E-state index contributed by atoms with van der Waals surface area (Å²) in [5.74, 6) is -6.46. The average molecular weight is 428 g/mol. The molecule has 1 aliphatic carbocycles. The molecule has 3 rings (SSSR count). The summed E-state index contributed by atoms with van der Waals surface area (Å²) in [4.78, 5) is 16.7. The second-order valence-corrected chi connectivity index (χ2v) is 8.02. The maximum atomic E-state index is 13.9. The largest absolute Gasteiger partial charge is 0.303 e. The minimum atomic E-state index is -3.71. The lowest BCUT2D eigenvalue weighted by molar-refractivity contribution is -0.118. The van der Waals surface area contributed by atoms with Crippen molar-refractivity contribution in [2.45, 2.75) is 50.5 Å². The lowest BCUT2D eigenvalue weighted by Crippen LogP contribution is -2.38. The molecule has 1 unspecified atom stereocenters. The van der Waals surface area contributed by atoms with Crippen LogP contribution in [0.3, 0.4) is 0 Å². The highest BCUT2D eigenvalue weighted by molar-refractivity contribution is 5.93. The molecule has 1 saturated carbocycles. The molecular weight excluding hydrogens is 407 g/mol. The summed E-state index contributed by atoms with van der Waals surface area (Å²) in [5.41, 5.74) is 0.111. The number of carbonyl (C=O) groups is 1. The second kappa shape index (κ2) is 8.20. The number of anilines is 1. The van der Waals surface area contributed by atoms with Gasteiger partial charge in [0.25, 0.3) is 5.92 Å². The summed E-state index contributed by atoms with van der Waals surface area (Å²) in [5, 5.41) is 11.9. The minimum Gasteiger partial charge on any atom is -0.303 e. The zero-order chi connectivity index (χ0) is 22.1. The van der Waals surface area contributed by atoms with E-state index in [-0.39, 0.29) is 17.0 Å².